The summed E-state index contributed by atoms with van der Waals surface area (Å²) in [4.78, 5) is 0. The van der Waals surface area contributed by atoms with Crippen molar-refractivity contribution in [1.82, 2.24) is 0 Å². The van der Waals surface area contributed by atoms with E-state index in [1.54, 1.807) is 18.2 Å². The van der Waals surface area contributed by atoms with Gasteiger partial charge in [0.05, 0.1) is 0 Å². The van der Waals surface area contributed by atoms with Crippen molar-refractivity contribution in [3.8, 4) is 5.75 Å². The zero-order valence-corrected chi connectivity index (χ0v) is 20.5. The van der Waals surface area contributed by atoms with Crippen molar-refractivity contribution in [2.45, 2.75) is 77.0 Å². The largest absolute Gasteiger partial charge is 0.490 e. The molecule has 0 N–H and O–H groups in total. The van der Waals surface area contributed by atoms with Crippen LogP contribution >= 0.6 is 0 Å². The molecule has 2 aliphatic rings. The Balaban J connectivity index is 1.28. The van der Waals surface area contributed by atoms with Gasteiger partial charge in [-0.15, -0.1) is 6.58 Å². The van der Waals surface area contributed by atoms with E-state index >= 15 is 0 Å². The van der Waals surface area contributed by atoms with Crippen molar-refractivity contribution in [2.24, 2.45) is 23.7 Å². The minimum absolute atomic E-state index is 0.280. The summed E-state index contributed by atoms with van der Waals surface area (Å²) in [6.07, 6.45) is 18.4. The highest BCUT2D eigenvalue weighted by Gasteiger charge is 2.30. The number of benzene rings is 2. The lowest BCUT2D eigenvalue weighted by Crippen LogP contribution is -2.26. The first kappa shape index (κ1) is 24.9. The Morgan fingerprint density at radius 1 is 0.794 bits per heavy atom. The molecule has 2 aromatic rings. The van der Waals surface area contributed by atoms with E-state index in [0.717, 1.165) is 36.0 Å². The molecule has 0 aliphatic heterocycles. The molecule has 2 aliphatic carbocycles. The summed E-state index contributed by atoms with van der Waals surface area (Å²) >= 11 is 0. The van der Waals surface area contributed by atoms with Crippen LogP contribution < -0.4 is 4.74 Å². The summed E-state index contributed by atoms with van der Waals surface area (Å²) in [5.74, 6) is 2.40. The van der Waals surface area contributed by atoms with Crippen LogP contribution in [0.25, 0.3) is 10.8 Å². The maximum absolute atomic E-state index is 14.8. The molecule has 0 heterocycles. The van der Waals surface area contributed by atoms with E-state index in [1.165, 1.54) is 57.8 Å². The van der Waals surface area contributed by atoms with Gasteiger partial charge in [0, 0.05) is 5.39 Å². The van der Waals surface area contributed by atoms with Crippen molar-refractivity contribution in [2.75, 3.05) is 6.61 Å². The zero-order chi connectivity index (χ0) is 23.9. The predicted molar refractivity (Wildman–Crippen MR) is 138 cm³/mol. The van der Waals surface area contributed by atoms with Crippen LogP contribution in [0.15, 0.2) is 49.6 Å². The molecule has 2 saturated carbocycles. The van der Waals surface area contributed by atoms with Crippen LogP contribution in [0.5, 0.6) is 5.75 Å². The van der Waals surface area contributed by atoms with Crippen LogP contribution in [-0.2, 0) is 6.42 Å². The molecular weight excluding hydrogens is 426 g/mol. The fraction of sp³-hybridized carbons (Fsp3) is 0.548. The third kappa shape index (κ3) is 6.09. The second kappa shape index (κ2) is 12.0. The first-order chi connectivity index (χ1) is 16.6. The summed E-state index contributed by atoms with van der Waals surface area (Å²) in [6, 6.07) is 7.02. The van der Waals surface area contributed by atoms with Gasteiger partial charge < -0.3 is 4.74 Å². The topological polar surface area (TPSA) is 9.23 Å². The number of allylic oxidation sites excluding steroid dienone is 1. The van der Waals surface area contributed by atoms with Crippen LogP contribution in [0.2, 0.25) is 0 Å². The smallest absolute Gasteiger partial charge is 0.167 e. The van der Waals surface area contributed by atoms with Crippen LogP contribution in [0, 0.1) is 35.3 Å². The second-order valence-electron chi connectivity index (χ2n) is 10.6. The second-order valence-corrected chi connectivity index (χ2v) is 10.6. The summed E-state index contributed by atoms with van der Waals surface area (Å²) in [5, 5.41) is 1.01. The van der Waals surface area contributed by atoms with Gasteiger partial charge in [0.2, 0.25) is 0 Å². The fourth-order valence-electron chi connectivity index (χ4n) is 6.40. The lowest BCUT2D eigenvalue weighted by Gasteiger charge is -2.38. The zero-order valence-electron chi connectivity index (χ0n) is 20.5. The molecule has 0 aromatic heterocycles. The fourth-order valence-corrected chi connectivity index (χ4v) is 6.40. The average molecular weight is 467 g/mol. The molecule has 184 valence electrons. The Labute approximate surface area is 204 Å². The molecule has 0 atom stereocenters. The lowest BCUT2D eigenvalue weighted by molar-refractivity contribution is 0.141. The van der Waals surface area contributed by atoms with Crippen LogP contribution in [0.4, 0.5) is 8.78 Å². The summed E-state index contributed by atoms with van der Waals surface area (Å²) in [6.45, 7) is 7.82. The van der Waals surface area contributed by atoms with Crippen molar-refractivity contribution in [3.05, 3.63) is 66.8 Å². The third-order valence-corrected chi connectivity index (χ3v) is 8.48. The van der Waals surface area contributed by atoms with Crippen molar-refractivity contribution < 1.29 is 13.5 Å². The minimum atomic E-state index is -0.760. The van der Waals surface area contributed by atoms with Crippen molar-refractivity contribution in [3.63, 3.8) is 0 Å². The Morgan fingerprint density at radius 2 is 1.44 bits per heavy atom. The number of rotatable bonds is 10. The van der Waals surface area contributed by atoms with Crippen molar-refractivity contribution in [1.29, 1.82) is 0 Å². The Hall–Kier alpha value is -2.16. The summed E-state index contributed by atoms with van der Waals surface area (Å²) in [7, 11) is 0. The van der Waals surface area contributed by atoms with E-state index in [-0.39, 0.29) is 5.39 Å². The molecule has 0 unspecified atom stereocenters. The highest BCUT2D eigenvalue weighted by Crippen LogP contribution is 2.43. The maximum atomic E-state index is 14.8. The van der Waals surface area contributed by atoms with E-state index in [2.05, 4.69) is 19.2 Å². The molecule has 0 bridgehead atoms. The van der Waals surface area contributed by atoms with Gasteiger partial charge >= 0.3 is 0 Å². The van der Waals surface area contributed by atoms with E-state index < -0.39 is 11.6 Å². The van der Waals surface area contributed by atoms with Crippen molar-refractivity contribution >= 4 is 10.8 Å². The first-order valence-electron chi connectivity index (χ1n) is 13.3. The Morgan fingerprint density at radius 3 is 2.06 bits per heavy atom. The van der Waals surface area contributed by atoms with Crippen LogP contribution in [0.1, 0.15) is 76.2 Å². The monoisotopic (exact) mass is 466 g/mol. The quantitative estimate of drug-likeness (QED) is 0.317. The number of hydrogen-bond acceptors (Lipinski definition) is 1. The molecule has 1 nitrogen and oxygen atoms in total. The standard InChI is InChI=1S/C31H40F2O/c1-3-5-6-22-7-12-24(13-8-22)25-14-9-23(10-15-25)11-16-27-20-26-17-18-28(34-19-4-2)21-29(26)31(33)30(27)32/h3-4,17-18,20-25H,1-2,5-16,19H2. The molecule has 4 rings (SSSR count). The van der Waals surface area contributed by atoms with Crippen LogP contribution in [0.3, 0.4) is 0 Å². The summed E-state index contributed by atoms with van der Waals surface area (Å²) < 4.78 is 35.1. The number of ether oxygens (including phenoxy) is 1. The molecule has 2 aromatic carbocycles. The van der Waals surface area contributed by atoms with E-state index in [4.69, 9.17) is 4.74 Å². The maximum Gasteiger partial charge on any atom is 0.167 e. The molecule has 34 heavy (non-hydrogen) atoms. The molecular formula is C31H40F2O. The highest BCUT2D eigenvalue weighted by molar-refractivity contribution is 5.85. The van der Waals surface area contributed by atoms with Crippen LogP contribution in [-0.4, -0.2) is 6.61 Å². The van der Waals surface area contributed by atoms with Gasteiger partial charge in [-0.05, 0) is 104 Å². The van der Waals surface area contributed by atoms with Gasteiger partial charge in [-0.2, -0.15) is 0 Å². The number of halogens is 2. The van der Waals surface area contributed by atoms with Gasteiger partial charge in [-0.1, -0.05) is 50.5 Å². The highest BCUT2D eigenvalue weighted by atomic mass is 19.2. The van der Waals surface area contributed by atoms with E-state index in [0.29, 0.717) is 30.3 Å². The molecule has 0 amide bonds. The molecule has 0 spiro atoms. The van der Waals surface area contributed by atoms with E-state index in [1.807, 2.05) is 12.1 Å². The van der Waals surface area contributed by atoms with Gasteiger partial charge in [0.1, 0.15) is 12.4 Å². The SMILES string of the molecule is C=CCCC1CCC(C2CCC(CCc3cc4ccc(OCC=C)cc4c(F)c3F)CC2)CC1. The van der Waals surface area contributed by atoms with Gasteiger partial charge in [-0.25, -0.2) is 8.78 Å². The van der Waals surface area contributed by atoms with E-state index in [9.17, 15) is 8.78 Å². The first-order valence-corrected chi connectivity index (χ1v) is 13.3. The molecule has 0 saturated heterocycles. The molecule has 3 heteroatoms. The number of hydrogen-bond donors (Lipinski definition) is 0. The van der Waals surface area contributed by atoms with Gasteiger partial charge in [0.15, 0.2) is 11.6 Å². The Bertz CT molecular complexity index is 965. The normalized spacial score (nSPS) is 25.2. The molecule has 0 radical (unpaired) electrons. The third-order valence-electron chi connectivity index (χ3n) is 8.48. The molecule has 2 fully saturated rings. The van der Waals surface area contributed by atoms with Gasteiger partial charge in [0.25, 0.3) is 0 Å². The minimum Gasteiger partial charge on any atom is -0.490 e. The Kier molecular flexibility index (Phi) is 8.80. The number of aryl methyl sites for hydroxylation is 1. The summed E-state index contributed by atoms with van der Waals surface area (Å²) in [5.41, 5.74) is 0.504. The number of fused-ring (bicyclic) bond motifs is 1. The van der Waals surface area contributed by atoms with Gasteiger partial charge in [-0.3, -0.25) is 0 Å². The average Bonchev–Trinajstić information content (AvgIpc) is 2.88. The predicted octanol–water partition coefficient (Wildman–Crippen LogP) is 9.19. The lowest BCUT2D eigenvalue weighted by atomic mass is 9.68.